The monoisotopic (exact) mass is 660 g/mol. The fraction of sp³-hybridized carbons (Fsp3) is 0.438. The summed E-state index contributed by atoms with van der Waals surface area (Å²) >= 11 is -2.83. The van der Waals surface area contributed by atoms with Gasteiger partial charge >= 0.3 is 5.97 Å². The van der Waals surface area contributed by atoms with Crippen LogP contribution in [0.25, 0.3) is 21.9 Å². The molecule has 2 N–H and O–H groups in total. The van der Waals surface area contributed by atoms with E-state index >= 15 is 0 Å². The van der Waals surface area contributed by atoms with E-state index in [1.54, 1.807) is 37.5 Å². The van der Waals surface area contributed by atoms with Crippen molar-refractivity contribution in [1.29, 1.82) is 0 Å². The maximum atomic E-state index is 13.7. The van der Waals surface area contributed by atoms with Crippen LogP contribution in [0.5, 0.6) is 0 Å². The maximum Gasteiger partial charge on any atom is 0.332 e. The highest BCUT2D eigenvalue weighted by Gasteiger charge is 2.34. The summed E-state index contributed by atoms with van der Waals surface area (Å²) in [6, 6.07) is 11.5. The van der Waals surface area contributed by atoms with E-state index in [2.05, 4.69) is 35.5 Å². The second-order valence-electron chi connectivity index (χ2n) is 12.7. The molecule has 14 nitrogen and oxygen atoms in total. The molecule has 0 aliphatic carbocycles. The molecule has 1 saturated heterocycles. The van der Waals surface area contributed by atoms with Crippen LogP contribution in [-0.2, 0) is 32.1 Å². The molecule has 2 unspecified atom stereocenters. The maximum absolute atomic E-state index is 13.7. The lowest BCUT2D eigenvalue weighted by Gasteiger charge is -2.35. The van der Waals surface area contributed by atoms with Gasteiger partial charge in [0.25, 0.3) is 0 Å². The topological polar surface area (TPSA) is 170 Å². The summed E-state index contributed by atoms with van der Waals surface area (Å²) in [5.41, 5.74) is 0.426. The highest BCUT2D eigenvalue weighted by molar-refractivity contribution is 7.80. The molecule has 1 fully saturated rings. The Morgan fingerprint density at radius 1 is 1.13 bits per heavy atom. The number of anilines is 2. The Bertz CT molecular complexity index is 1830. The van der Waals surface area contributed by atoms with Crippen molar-refractivity contribution >= 4 is 62.5 Å². The third-order valence-corrected chi connectivity index (χ3v) is 8.95. The highest BCUT2D eigenvalue weighted by atomic mass is 32.2. The molecule has 4 heterocycles. The predicted octanol–water partition coefficient (Wildman–Crippen LogP) is 2.67. The summed E-state index contributed by atoms with van der Waals surface area (Å²) in [5.74, 6) is 0.238. The molecule has 2 atom stereocenters. The van der Waals surface area contributed by atoms with Crippen LogP contribution in [-0.4, -0.2) is 83.9 Å². The first-order valence-corrected chi connectivity index (χ1v) is 16.7. The van der Waals surface area contributed by atoms with Gasteiger partial charge in [0, 0.05) is 49.1 Å². The number of piperidine rings is 1. The molecule has 2 aromatic carbocycles. The van der Waals surface area contributed by atoms with Gasteiger partial charge in [0.1, 0.15) is 11.9 Å². The van der Waals surface area contributed by atoms with Gasteiger partial charge in [-0.25, -0.2) is 19.7 Å². The molecule has 0 spiro atoms. The summed E-state index contributed by atoms with van der Waals surface area (Å²) in [7, 11) is 0. The van der Waals surface area contributed by atoms with E-state index in [1.807, 2.05) is 30.3 Å². The Morgan fingerprint density at radius 2 is 1.89 bits per heavy atom. The average Bonchev–Trinajstić information content (AvgIpc) is 3.47. The average molecular weight is 661 g/mol. The number of rotatable bonds is 8. The van der Waals surface area contributed by atoms with Gasteiger partial charge in [-0.2, -0.15) is 0 Å². The Kier molecular flexibility index (Phi) is 9.36. The summed E-state index contributed by atoms with van der Waals surface area (Å²) in [5, 5.41) is 7.79. The van der Waals surface area contributed by atoms with E-state index in [4.69, 9.17) is 4.74 Å². The SMILES string of the molecule is CC(C)(C)OC(=O)C(Cn1cnc2c(N3CCC(C(=O)NC4=NCCCN4)CC3)ncnc21)N(c1ccc2ccccc2c1)S(=O)[O-]. The minimum atomic E-state index is -2.83. The van der Waals surface area contributed by atoms with Crippen LogP contribution in [0, 0.1) is 5.92 Å². The van der Waals surface area contributed by atoms with E-state index in [1.165, 1.54) is 12.7 Å². The molecule has 0 saturated carbocycles. The third kappa shape index (κ3) is 7.36. The van der Waals surface area contributed by atoms with Crippen molar-refractivity contribution in [3.8, 4) is 0 Å². The first-order chi connectivity index (χ1) is 22.6. The zero-order valence-electron chi connectivity index (χ0n) is 26.6. The van der Waals surface area contributed by atoms with E-state index in [-0.39, 0.29) is 18.4 Å². The second-order valence-corrected chi connectivity index (χ2v) is 13.5. The second kappa shape index (κ2) is 13.6. The van der Waals surface area contributed by atoms with E-state index in [0.717, 1.165) is 28.0 Å². The Hall–Kier alpha value is -4.63. The van der Waals surface area contributed by atoms with Gasteiger partial charge in [-0.15, -0.1) is 0 Å². The number of carbonyl (C=O) groups excluding carboxylic acids is 2. The number of carbonyl (C=O) groups is 2. The lowest BCUT2D eigenvalue weighted by Crippen LogP contribution is -2.48. The largest absolute Gasteiger partial charge is 0.755 e. The molecule has 248 valence electrons. The van der Waals surface area contributed by atoms with Crippen LogP contribution in [0.4, 0.5) is 11.5 Å². The number of hydrogen-bond acceptors (Lipinski definition) is 11. The summed E-state index contributed by atoms with van der Waals surface area (Å²) < 4.78 is 34.0. The number of aliphatic imine (C=N–C) groups is 1. The van der Waals surface area contributed by atoms with Crippen molar-refractivity contribution in [2.75, 3.05) is 35.4 Å². The van der Waals surface area contributed by atoms with E-state index in [0.29, 0.717) is 61.1 Å². The number of guanidine groups is 1. The van der Waals surface area contributed by atoms with Crippen LogP contribution in [0.2, 0.25) is 0 Å². The molecule has 2 aromatic heterocycles. The number of amides is 1. The van der Waals surface area contributed by atoms with Gasteiger partial charge in [-0.3, -0.25) is 23.6 Å². The van der Waals surface area contributed by atoms with Crippen molar-refractivity contribution in [2.24, 2.45) is 10.9 Å². The zero-order valence-corrected chi connectivity index (χ0v) is 27.4. The number of hydrogen-bond donors (Lipinski definition) is 2. The smallest absolute Gasteiger partial charge is 0.332 e. The normalized spacial score (nSPS) is 17.1. The van der Waals surface area contributed by atoms with Crippen molar-refractivity contribution < 1.29 is 23.1 Å². The van der Waals surface area contributed by atoms with Crippen molar-refractivity contribution in [1.82, 2.24) is 30.2 Å². The molecule has 15 heteroatoms. The fourth-order valence-corrected chi connectivity index (χ4v) is 6.55. The first-order valence-electron chi connectivity index (χ1n) is 15.7. The van der Waals surface area contributed by atoms with Gasteiger partial charge in [-0.05, 0) is 62.9 Å². The molecule has 2 aliphatic heterocycles. The molecular formula is C32H38N9O5S-. The number of imidazole rings is 1. The van der Waals surface area contributed by atoms with Crippen molar-refractivity contribution in [3.05, 3.63) is 55.1 Å². The fourth-order valence-electron chi connectivity index (χ4n) is 5.91. The standard InChI is InChI=1S/C32H39N9O5S/c1-32(2,3)46-30(43)25(41(47(44)45)24-10-9-21-7-4-5-8-23(21)17-24)18-40-20-37-26-27(35-19-36-28(26)40)39-15-11-22(12-16-39)29(42)38-31-33-13-6-14-34-31/h4-5,7-10,17,19-20,22,25H,6,11-16,18H2,1-3H3,(H,44,45)(H2,33,34,38,42)/p-1. The molecule has 47 heavy (non-hydrogen) atoms. The number of aromatic nitrogens is 4. The Morgan fingerprint density at radius 3 is 2.60 bits per heavy atom. The molecule has 4 aromatic rings. The number of fused-ring (bicyclic) bond motifs is 2. The first kappa shape index (κ1) is 32.3. The summed E-state index contributed by atoms with van der Waals surface area (Å²) in [6.07, 6.45) is 5.16. The molecular weight excluding hydrogens is 622 g/mol. The predicted molar refractivity (Wildman–Crippen MR) is 178 cm³/mol. The number of ether oxygens (including phenoxy) is 1. The van der Waals surface area contributed by atoms with Gasteiger partial charge < -0.3 is 24.1 Å². The van der Waals surface area contributed by atoms with Crippen molar-refractivity contribution in [2.45, 2.75) is 58.2 Å². The quantitative estimate of drug-likeness (QED) is 0.212. The van der Waals surface area contributed by atoms with E-state index in [9.17, 15) is 18.4 Å². The van der Waals surface area contributed by atoms with Gasteiger partial charge in [0.15, 0.2) is 29.0 Å². The lowest BCUT2D eigenvalue weighted by atomic mass is 9.96. The molecule has 1 amide bonds. The number of esters is 1. The summed E-state index contributed by atoms with van der Waals surface area (Å²) in [6.45, 7) is 7.76. The summed E-state index contributed by atoms with van der Waals surface area (Å²) in [4.78, 5) is 46.5. The number of benzene rings is 2. The minimum absolute atomic E-state index is 0.0465. The van der Waals surface area contributed by atoms with Crippen LogP contribution in [0.1, 0.15) is 40.0 Å². The molecule has 0 bridgehead atoms. The molecule has 0 radical (unpaired) electrons. The van der Waals surface area contributed by atoms with Crippen LogP contribution >= 0.6 is 0 Å². The highest BCUT2D eigenvalue weighted by Crippen LogP contribution is 2.29. The van der Waals surface area contributed by atoms with Gasteiger partial charge in [-0.1, -0.05) is 30.3 Å². The Labute approximate surface area is 275 Å². The zero-order chi connectivity index (χ0) is 33.1. The lowest BCUT2D eigenvalue weighted by molar-refractivity contribution is -0.156. The third-order valence-electron chi connectivity index (χ3n) is 8.17. The molecule has 2 aliphatic rings. The number of nitrogens with one attached hydrogen (secondary N) is 2. The molecule has 6 rings (SSSR count). The number of nitrogens with zero attached hydrogens (tertiary/aromatic N) is 7. The van der Waals surface area contributed by atoms with Gasteiger partial charge in [0.05, 0.1) is 12.9 Å². The van der Waals surface area contributed by atoms with E-state index < -0.39 is 28.9 Å². The van der Waals surface area contributed by atoms with Crippen LogP contribution < -0.4 is 19.8 Å². The van der Waals surface area contributed by atoms with Crippen LogP contribution in [0.15, 0.2) is 60.1 Å². The van der Waals surface area contributed by atoms with Gasteiger partial charge in [0.2, 0.25) is 5.91 Å². The van der Waals surface area contributed by atoms with Crippen molar-refractivity contribution in [3.63, 3.8) is 0 Å². The van der Waals surface area contributed by atoms with Crippen LogP contribution in [0.3, 0.4) is 0 Å². The minimum Gasteiger partial charge on any atom is -0.755 e. The Balaban J connectivity index is 1.25.